The molecule has 1 heterocycles. The third-order valence-corrected chi connectivity index (χ3v) is 4.22. The van der Waals surface area contributed by atoms with Gasteiger partial charge in [0, 0.05) is 31.4 Å². The summed E-state index contributed by atoms with van der Waals surface area (Å²) in [5.74, 6) is 1.42. The van der Waals surface area contributed by atoms with Crippen LogP contribution in [0.25, 0.3) is 0 Å². The Morgan fingerprint density at radius 3 is 2.68 bits per heavy atom. The lowest BCUT2D eigenvalue weighted by atomic mass is 9.98. The van der Waals surface area contributed by atoms with Gasteiger partial charge in [-0.2, -0.15) is 0 Å². The van der Waals surface area contributed by atoms with Crippen molar-refractivity contribution >= 4 is 5.69 Å². The Bertz CT molecular complexity index is 400. The Hall–Kier alpha value is -1.02. The summed E-state index contributed by atoms with van der Waals surface area (Å²) in [5.41, 5.74) is 2.86. The van der Waals surface area contributed by atoms with Gasteiger partial charge in [-0.05, 0) is 23.5 Å². The smallest absolute Gasteiger partial charge is 0.0412 e. The molecule has 0 spiro atoms. The molecular weight excluding hydrogens is 232 g/mol. The largest absolute Gasteiger partial charge is 0.369 e. The van der Waals surface area contributed by atoms with Gasteiger partial charge in [0.25, 0.3) is 0 Å². The molecule has 0 amide bonds. The molecule has 0 aliphatic carbocycles. The van der Waals surface area contributed by atoms with Crippen LogP contribution in [0.3, 0.4) is 0 Å². The summed E-state index contributed by atoms with van der Waals surface area (Å²) in [5, 5.41) is 3.75. The van der Waals surface area contributed by atoms with Crippen molar-refractivity contribution in [3.05, 3.63) is 29.8 Å². The SMILES string of the molecule is CCC(C)C1CN(CC(C)C)c2ccccc2CN1. The zero-order valence-electron chi connectivity index (χ0n) is 12.8. The minimum Gasteiger partial charge on any atom is -0.369 e. The van der Waals surface area contributed by atoms with Crippen LogP contribution in [-0.2, 0) is 6.54 Å². The molecule has 0 radical (unpaired) electrons. The highest BCUT2D eigenvalue weighted by molar-refractivity contribution is 5.54. The molecule has 2 unspecified atom stereocenters. The van der Waals surface area contributed by atoms with Gasteiger partial charge in [-0.15, -0.1) is 0 Å². The molecule has 2 nitrogen and oxygen atoms in total. The standard InChI is InChI=1S/C17H28N2/c1-5-14(4)16-12-19(11-13(2)3)17-9-7-6-8-15(17)10-18-16/h6-9,13-14,16,18H,5,10-12H2,1-4H3. The lowest BCUT2D eigenvalue weighted by molar-refractivity contribution is 0.367. The number of nitrogens with one attached hydrogen (secondary N) is 1. The molecule has 0 saturated carbocycles. The van der Waals surface area contributed by atoms with Crippen LogP contribution in [0.15, 0.2) is 24.3 Å². The monoisotopic (exact) mass is 260 g/mol. The van der Waals surface area contributed by atoms with E-state index in [1.165, 1.54) is 17.7 Å². The number of benzene rings is 1. The third-order valence-electron chi connectivity index (χ3n) is 4.22. The van der Waals surface area contributed by atoms with Crippen molar-refractivity contribution < 1.29 is 0 Å². The van der Waals surface area contributed by atoms with Crippen molar-refractivity contribution in [1.82, 2.24) is 5.32 Å². The van der Waals surface area contributed by atoms with E-state index in [1.807, 2.05) is 0 Å². The van der Waals surface area contributed by atoms with E-state index in [2.05, 4.69) is 62.2 Å². The molecule has 2 atom stereocenters. The molecule has 1 aliphatic rings. The fourth-order valence-corrected chi connectivity index (χ4v) is 2.89. The van der Waals surface area contributed by atoms with E-state index in [0.29, 0.717) is 12.0 Å². The summed E-state index contributed by atoms with van der Waals surface area (Å²) in [6.45, 7) is 12.5. The number of fused-ring (bicyclic) bond motifs is 1. The molecule has 106 valence electrons. The van der Waals surface area contributed by atoms with Crippen molar-refractivity contribution in [2.75, 3.05) is 18.0 Å². The first-order valence-electron chi connectivity index (χ1n) is 7.68. The summed E-state index contributed by atoms with van der Waals surface area (Å²) >= 11 is 0. The fourth-order valence-electron chi connectivity index (χ4n) is 2.89. The van der Waals surface area contributed by atoms with Gasteiger partial charge in [-0.1, -0.05) is 52.3 Å². The van der Waals surface area contributed by atoms with Crippen LogP contribution in [0.5, 0.6) is 0 Å². The Labute approximate surface area is 118 Å². The highest BCUT2D eigenvalue weighted by Gasteiger charge is 2.24. The second-order valence-electron chi connectivity index (χ2n) is 6.30. The van der Waals surface area contributed by atoms with Gasteiger partial charge in [0.05, 0.1) is 0 Å². The van der Waals surface area contributed by atoms with Crippen molar-refractivity contribution in [3.8, 4) is 0 Å². The first kappa shape index (κ1) is 14.4. The van der Waals surface area contributed by atoms with Gasteiger partial charge in [-0.25, -0.2) is 0 Å². The fraction of sp³-hybridized carbons (Fsp3) is 0.647. The zero-order chi connectivity index (χ0) is 13.8. The maximum absolute atomic E-state index is 3.75. The molecule has 1 aromatic rings. The second kappa shape index (κ2) is 6.42. The van der Waals surface area contributed by atoms with Gasteiger partial charge >= 0.3 is 0 Å². The Morgan fingerprint density at radius 1 is 1.26 bits per heavy atom. The maximum Gasteiger partial charge on any atom is 0.0412 e. The summed E-state index contributed by atoms with van der Waals surface area (Å²) in [4.78, 5) is 2.58. The molecule has 2 rings (SSSR count). The van der Waals surface area contributed by atoms with Gasteiger partial charge in [0.2, 0.25) is 0 Å². The Balaban J connectivity index is 2.24. The zero-order valence-corrected chi connectivity index (χ0v) is 12.8. The number of nitrogens with zero attached hydrogens (tertiary/aromatic N) is 1. The minimum atomic E-state index is 0.594. The van der Waals surface area contributed by atoms with Crippen LogP contribution in [-0.4, -0.2) is 19.1 Å². The molecule has 2 heteroatoms. The third kappa shape index (κ3) is 3.50. The average Bonchev–Trinajstić information content (AvgIpc) is 2.58. The first-order valence-corrected chi connectivity index (χ1v) is 7.68. The second-order valence-corrected chi connectivity index (χ2v) is 6.30. The van der Waals surface area contributed by atoms with Crippen molar-refractivity contribution in [3.63, 3.8) is 0 Å². The quantitative estimate of drug-likeness (QED) is 0.888. The Morgan fingerprint density at radius 2 is 2.00 bits per heavy atom. The lowest BCUT2D eigenvalue weighted by Gasteiger charge is -2.31. The van der Waals surface area contributed by atoms with Gasteiger partial charge in [0.15, 0.2) is 0 Å². The summed E-state index contributed by atoms with van der Waals surface area (Å²) in [6, 6.07) is 9.44. The molecule has 0 fully saturated rings. The molecule has 0 saturated heterocycles. The predicted molar refractivity (Wildman–Crippen MR) is 83.6 cm³/mol. The van der Waals surface area contributed by atoms with Crippen LogP contribution < -0.4 is 10.2 Å². The number of para-hydroxylation sites is 1. The normalized spacial score (nSPS) is 21.1. The van der Waals surface area contributed by atoms with E-state index < -0.39 is 0 Å². The molecular formula is C17H28N2. The van der Waals surface area contributed by atoms with Gasteiger partial charge in [0.1, 0.15) is 0 Å². The van der Waals surface area contributed by atoms with Gasteiger partial charge < -0.3 is 10.2 Å². The summed E-state index contributed by atoms with van der Waals surface area (Å²) in [6.07, 6.45) is 1.24. The van der Waals surface area contributed by atoms with Crippen molar-refractivity contribution in [2.24, 2.45) is 11.8 Å². The van der Waals surface area contributed by atoms with E-state index >= 15 is 0 Å². The van der Waals surface area contributed by atoms with E-state index in [0.717, 1.165) is 25.6 Å². The Kier molecular flexibility index (Phi) is 4.87. The maximum atomic E-state index is 3.75. The molecule has 0 bridgehead atoms. The highest BCUT2D eigenvalue weighted by atomic mass is 15.2. The van der Waals surface area contributed by atoms with E-state index in [1.54, 1.807) is 0 Å². The van der Waals surface area contributed by atoms with Crippen LogP contribution in [0.4, 0.5) is 5.69 Å². The summed E-state index contributed by atoms with van der Waals surface area (Å²) in [7, 11) is 0. The van der Waals surface area contributed by atoms with Crippen molar-refractivity contribution in [1.29, 1.82) is 0 Å². The average molecular weight is 260 g/mol. The van der Waals surface area contributed by atoms with E-state index in [4.69, 9.17) is 0 Å². The number of rotatable bonds is 4. The molecule has 0 aromatic heterocycles. The molecule has 1 aliphatic heterocycles. The molecule has 19 heavy (non-hydrogen) atoms. The van der Waals surface area contributed by atoms with Gasteiger partial charge in [-0.3, -0.25) is 0 Å². The van der Waals surface area contributed by atoms with Crippen LogP contribution in [0.1, 0.15) is 39.7 Å². The predicted octanol–water partition coefficient (Wildman–Crippen LogP) is 3.67. The van der Waals surface area contributed by atoms with Crippen LogP contribution in [0, 0.1) is 11.8 Å². The number of hydrogen-bond acceptors (Lipinski definition) is 2. The lowest BCUT2D eigenvalue weighted by Crippen LogP contribution is -2.43. The number of hydrogen-bond donors (Lipinski definition) is 1. The minimum absolute atomic E-state index is 0.594. The highest BCUT2D eigenvalue weighted by Crippen LogP contribution is 2.26. The topological polar surface area (TPSA) is 15.3 Å². The van der Waals surface area contributed by atoms with E-state index in [9.17, 15) is 0 Å². The molecule has 1 aromatic carbocycles. The number of anilines is 1. The van der Waals surface area contributed by atoms with Crippen LogP contribution in [0.2, 0.25) is 0 Å². The van der Waals surface area contributed by atoms with Crippen LogP contribution >= 0.6 is 0 Å². The summed E-state index contributed by atoms with van der Waals surface area (Å²) < 4.78 is 0. The molecule has 1 N–H and O–H groups in total. The van der Waals surface area contributed by atoms with E-state index in [-0.39, 0.29) is 0 Å². The van der Waals surface area contributed by atoms with Crippen molar-refractivity contribution in [2.45, 2.75) is 46.7 Å². The first-order chi connectivity index (χ1) is 9.11.